The van der Waals surface area contributed by atoms with E-state index in [9.17, 15) is 5.11 Å². The highest BCUT2D eigenvalue weighted by Crippen LogP contribution is 2.28. The van der Waals surface area contributed by atoms with Crippen LogP contribution in [-0.2, 0) is 4.74 Å². The zero-order valence-corrected chi connectivity index (χ0v) is 10.0. The maximum absolute atomic E-state index is 9.61. The lowest BCUT2D eigenvalue weighted by Gasteiger charge is -2.16. The molecular formula is C12H25NO2. The Bertz CT molecular complexity index is 160. The zero-order valence-electron chi connectivity index (χ0n) is 10.0. The normalized spacial score (nSPS) is 20.2. The lowest BCUT2D eigenvalue weighted by molar-refractivity contribution is 0.0314. The zero-order chi connectivity index (χ0) is 11.1. The maximum Gasteiger partial charge on any atom is 0.0897 e. The molecule has 2 N–H and O–H groups in total. The van der Waals surface area contributed by atoms with Gasteiger partial charge in [-0.2, -0.15) is 0 Å². The van der Waals surface area contributed by atoms with Gasteiger partial charge in [-0.05, 0) is 32.1 Å². The number of hydrogen-bond acceptors (Lipinski definition) is 3. The molecule has 1 aliphatic rings. The summed E-state index contributed by atoms with van der Waals surface area (Å²) < 4.78 is 5.42. The topological polar surface area (TPSA) is 41.5 Å². The van der Waals surface area contributed by atoms with Crippen LogP contribution in [0.5, 0.6) is 0 Å². The van der Waals surface area contributed by atoms with Gasteiger partial charge in [-0.15, -0.1) is 0 Å². The van der Waals surface area contributed by atoms with Crippen molar-refractivity contribution in [3.8, 4) is 0 Å². The first-order valence-electron chi connectivity index (χ1n) is 6.21. The summed E-state index contributed by atoms with van der Waals surface area (Å²) in [5.74, 6) is 0.782. The molecule has 0 spiro atoms. The molecule has 2 atom stereocenters. The molecule has 0 aromatic carbocycles. The van der Waals surface area contributed by atoms with E-state index in [0.717, 1.165) is 18.9 Å². The van der Waals surface area contributed by atoms with Crippen LogP contribution in [0.2, 0.25) is 0 Å². The van der Waals surface area contributed by atoms with E-state index >= 15 is 0 Å². The fourth-order valence-corrected chi connectivity index (χ4v) is 1.59. The number of rotatable bonds is 9. The Morgan fingerprint density at radius 1 is 1.47 bits per heavy atom. The van der Waals surface area contributed by atoms with Crippen LogP contribution in [0.1, 0.15) is 39.5 Å². The standard InChI is InChI=1S/C12H25NO2/c1-3-4-10(2)13-7-12(14)9-15-8-11-5-6-11/h10-14H,3-9H2,1-2H3. The minimum Gasteiger partial charge on any atom is -0.389 e. The van der Waals surface area contributed by atoms with Crippen molar-refractivity contribution in [2.24, 2.45) is 5.92 Å². The Balaban J connectivity index is 1.89. The van der Waals surface area contributed by atoms with E-state index in [4.69, 9.17) is 4.74 Å². The van der Waals surface area contributed by atoms with E-state index in [2.05, 4.69) is 19.2 Å². The quantitative estimate of drug-likeness (QED) is 0.613. The molecular weight excluding hydrogens is 190 g/mol. The van der Waals surface area contributed by atoms with Crippen molar-refractivity contribution in [2.75, 3.05) is 19.8 Å². The summed E-state index contributed by atoms with van der Waals surface area (Å²) in [5.41, 5.74) is 0. The molecule has 0 aromatic heterocycles. The van der Waals surface area contributed by atoms with E-state index in [0.29, 0.717) is 19.2 Å². The molecule has 0 heterocycles. The minimum absolute atomic E-state index is 0.358. The Morgan fingerprint density at radius 3 is 2.80 bits per heavy atom. The van der Waals surface area contributed by atoms with Crippen LogP contribution in [-0.4, -0.2) is 37.0 Å². The Kier molecular flexibility index (Phi) is 6.22. The van der Waals surface area contributed by atoms with Crippen molar-refractivity contribution < 1.29 is 9.84 Å². The maximum atomic E-state index is 9.61. The predicted molar refractivity (Wildman–Crippen MR) is 61.9 cm³/mol. The lowest BCUT2D eigenvalue weighted by Crippen LogP contribution is -2.36. The van der Waals surface area contributed by atoms with Gasteiger partial charge in [0.25, 0.3) is 0 Å². The molecule has 90 valence electrons. The van der Waals surface area contributed by atoms with E-state index < -0.39 is 0 Å². The van der Waals surface area contributed by atoms with Crippen LogP contribution >= 0.6 is 0 Å². The molecule has 1 aliphatic carbocycles. The van der Waals surface area contributed by atoms with Gasteiger partial charge < -0.3 is 15.2 Å². The van der Waals surface area contributed by atoms with Gasteiger partial charge in [0, 0.05) is 19.2 Å². The SMILES string of the molecule is CCCC(C)NCC(O)COCC1CC1. The highest BCUT2D eigenvalue weighted by atomic mass is 16.5. The molecule has 3 heteroatoms. The summed E-state index contributed by atoms with van der Waals surface area (Å²) in [4.78, 5) is 0. The highest BCUT2D eigenvalue weighted by Gasteiger charge is 2.21. The van der Waals surface area contributed by atoms with E-state index in [1.165, 1.54) is 19.3 Å². The first-order chi connectivity index (χ1) is 7.22. The monoisotopic (exact) mass is 215 g/mol. The summed E-state index contributed by atoms with van der Waals surface area (Å²) in [5, 5.41) is 12.9. The summed E-state index contributed by atoms with van der Waals surface area (Å²) in [7, 11) is 0. The van der Waals surface area contributed by atoms with Crippen molar-refractivity contribution in [3.05, 3.63) is 0 Å². The number of hydrogen-bond donors (Lipinski definition) is 2. The van der Waals surface area contributed by atoms with Crippen molar-refractivity contribution in [3.63, 3.8) is 0 Å². The van der Waals surface area contributed by atoms with Crippen molar-refractivity contribution in [1.82, 2.24) is 5.32 Å². The summed E-state index contributed by atoms with van der Waals surface area (Å²) >= 11 is 0. The number of ether oxygens (including phenoxy) is 1. The molecule has 0 aliphatic heterocycles. The first kappa shape index (κ1) is 12.9. The molecule has 1 fully saturated rings. The molecule has 15 heavy (non-hydrogen) atoms. The lowest BCUT2D eigenvalue weighted by atomic mass is 10.2. The smallest absolute Gasteiger partial charge is 0.0897 e. The van der Waals surface area contributed by atoms with Gasteiger partial charge in [-0.3, -0.25) is 0 Å². The minimum atomic E-state index is -0.358. The molecule has 1 rings (SSSR count). The van der Waals surface area contributed by atoms with Crippen LogP contribution in [0.25, 0.3) is 0 Å². The molecule has 3 nitrogen and oxygen atoms in total. The fraction of sp³-hybridized carbons (Fsp3) is 1.00. The van der Waals surface area contributed by atoms with Crippen molar-refractivity contribution in [2.45, 2.75) is 51.7 Å². The number of nitrogens with one attached hydrogen (secondary N) is 1. The van der Waals surface area contributed by atoms with Gasteiger partial charge in [0.05, 0.1) is 12.7 Å². The average Bonchev–Trinajstić information content (AvgIpc) is 2.99. The van der Waals surface area contributed by atoms with Crippen molar-refractivity contribution in [1.29, 1.82) is 0 Å². The van der Waals surface area contributed by atoms with Crippen LogP contribution in [0.3, 0.4) is 0 Å². The third-order valence-electron chi connectivity index (χ3n) is 2.78. The molecule has 0 amide bonds. The van der Waals surface area contributed by atoms with Gasteiger partial charge in [0.2, 0.25) is 0 Å². The van der Waals surface area contributed by atoms with Crippen LogP contribution in [0.15, 0.2) is 0 Å². The van der Waals surface area contributed by atoms with Crippen LogP contribution in [0, 0.1) is 5.92 Å². The van der Waals surface area contributed by atoms with E-state index in [-0.39, 0.29) is 6.10 Å². The fourth-order valence-electron chi connectivity index (χ4n) is 1.59. The molecule has 1 saturated carbocycles. The van der Waals surface area contributed by atoms with Gasteiger partial charge >= 0.3 is 0 Å². The molecule has 0 saturated heterocycles. The first-order valence-corrected chi connectivity index (χ1v) is 6.21. The van der Waals surface area contributed by atoms with Gasteiger partial charge in [0.15, 0.2) is 0 Å². The van der Waals surface area contributed by atoms with Gasteiger partial charge in [-0.1, -0.05) is 13.3 Å². The van der Waals surface area contributed by atoms with Gasteiger partial charge in [0.1, 0.15) is 0 Å². The molecule has 0 bridgehead atoms. The third kappa shape index (κ3) is 6.88. The Morgan fingerprint density at radius 2 is 2.20 bits per heavy atom. The molecule has 0 aromatic rings. The number of aliphatic hydroxyl groups is 1. The summed E-state index contributed by atoms with van der Waals surface area (Å²) in [6, 6.07) is 0.494. The number of aliphatic hydroxyl groups excluding tert-OH is 1. The second kappa shape index (κ2) is 7.20. The molecule has 0 radical (unpaired) electrons. The average molecular weight is 215 g/mol. The van der Waals surface area contributed by atoms with E-state index in [1.807, 2.05) is 0 Å². The van der Waals surface area contributed by atoms with Crippen molar-refractivity contribution >= 4 is 0 Å². The van der Waals surface area contributed by atoms with Crippen LogP contribution < -0.4 is 5.32 Å². The Hall–Kier alpha value is -0.120. The predicted octanol–water partition coefficient (Wildman–Crippen LogP) is 1.55. The summed E-state index contributed by atoms with van der Waals surface area (Å²) in [6.07, 6.45) is 4.60. The second-order valence-corrected chi connectivity index (χ2v) is 4.73. The summed E-state index contributed by atoms with van der Waals surface area (Å²) in [6.45, 7) is 6.28. The third-order valence-corrected chi connectivity index (χ3v) is 2.78. The molecule has 2 unspecified atom stereocenters. The highest BCUT2D eigenvalue weighted by molar-refractivity contribution is 4.72. The van der Waals surface area contributed by atoms with Crippen LogP contribution in [0.4, 0.5) is 0 Å². The second-order valence-electron chi connectivity index (χ2n) is 4.73. The largest absolute Gasteiger partial charge is 0.389 e. The van der Waals surface area contributed by atoms with E-state index in [1.54, 1.807) is 0 Å². The van der Waals surface area contributed by atoms with Gasteiger partial charge in [-0.25, -0.2) is 0 Å². The Labute approximate surface area is 93.2 Å².